The highest BCUT2D eigenvalue weighted by molar-refractivity contribution is 6.33. The molecule has 1 amide bonds. The molecule has 5 heteroatoms. The lowest BCUT2D eigenvalue weighted by Gasteiger charge is -2.31. The van der Waals surface area contributed by atoms with Gasteiger partial charge in [-0.05, 0) is 43.5 Å². The Morgan fingerprint density at radius 3 is 3.05 bits per heavy atom. The van der Waals surface area contributed by atoms with Crippen LogP contribution in [0.5, 0.6) is 0 Å². The molecule has 2 rings (SSSR count). The van der Waals surface area contributed by atoms with Gasteiger partial charge in [-0.15, -0.1) is 0 Å². The van der Waals surface area contributed by atoms with Crippen LogP contribution in [0.15, 0.2) is 18.2 Å². The maximum atomic E-state index is 12.0. The molecule has 4 nitrogen and oxygen atoms in total. The Kier molecular flexibility index (Phi) is 5.26. The first-order chi connectivity index (χ1) is 9.58. The topological polar surface area (TPSA) is 58.4 Å². The van der Waals surface area contributed by atoms with E-state index in [-0.39, 0.29) is 5.91 Å². The van der Waals surface area contributed by atoms with Crippen molar-refractivity contribution in [3.05, 3.63) is 23.2 Å². The molecule has 3 N–H and O–H groups in total. The molecule has 1 atom stereocenters. The fraction of sp³-hybridized carbons (Fsp3) is 0.533. The van der Waals surface area contributed by atoms with E-state index in [1.165, 1.54) is 19.3 Å². The number of carbonyl (C=O) groups excluding carboxylic acids is 1. The number of nitrogen functional groups attached to an aromatic ring is 1. The summed E-state index contributed by atoms with van der Waals surface area (Å²) in [5.74, 6) is 0.728. The van der Waals surface area contributed by atoms with E-state index in [9.17, 15) is 4.79 Å². The van der Waals surface area contributed by atoms with Crippen LogP contribution in [0.25, 0.3) is 0 Å². The van der Waals surface area contributed by atoms with Crippen LogP contribution in [0.1, 0.15) is 26.2 Å². The summed E-state index contributed by atoms with van der Waals surface area (Å²) in [7, 11) is 0. The van der Waals surface area contributed by atoms with E-state index in [4.69, 9.17) is 17.3 Å². The molecule has 1 aromatic rings. The normalized spacial score (nSPS) is 19.8. The maximum absolute atomic E-state index is 12.0. The van der Waals surface area contributed by atoms with Crippen molar-refractivity contribution in [1.82, 2.24) is 4.90 Å². The van der Waals surface area contributed by atoms with Crippen LogP contribution in [0, 0.1) is 5.92 Å². The number of likely N-dealkylation sites (tertiary alicyclic amines) is 1. The van der Waals surface area contributed by atoms with E-state index in [0.717, 1.165) is 19.0 Å². The summed E-state index contributed by atoms with van der Waals surface area (Å²) in [5.41, 5.74) is 6.90. The second-order valence-corrected chi connectivity index (χ2v) is 5.84. The lowest BCUT2D eigenvalue weighted by atomic mass is 9.96. The highest BCUT2D eigenvalue weighted by atomic mass is 35.5. The van der Waals surface area contributed by atoms with Gasteiger partial charge in [0.05, 0.1) is 17.3 Å². The van der Waals surface area contributed by atoms with Gasteiger partial charge < -0.3 is 11.1 Å². The molecule has 0 saturated carbocycles. The molecule has 1 heterocycles. The van der Waals surface area contributed by atoms with E-state index < -0.39 is 0 Å². The molecular weight excluding hydrogens is 274 g/mol. The summed E-state index contributed by atoms with van der Waals surface area (Å²) in [6, 6.07) is 5.15. The number of halogens is 1. The Hall–Kier alpha value is -1.26. The van der Waals surface area contributed by atoms with Gasteiger partial charge in [0, 0.05) is 12.2 Å². The van der Waals surface area contributed by atoms with Crippen molar-refractivity contribution in [2.45, 2.75) is 26.2 Å². The Labute approximate surface area is 125 Å². The van der Waals surface area contributed by atoms with Crippen LogP contribution in [-0.4, -0.2) is 30.4 Å². The third-order valence-corrected chi connectivity index (χ3v) is 4.17. The minimum absolute atomic E-state index is 0.00322. The molecule has 1 aromatic carbocycles. The largest absolute Gasteiger partial charge is 0.397 e. The zero-order valence-electron chi connectivity index (χ0n) is 11.9. The van der Waals surface area contributed by atoms with Crippen LogP contribution in [-0.2, 0) is 4.79 Å². The molecule has 1 aliphatic heterocycles. The number of hydrogen-bond acceptors (Lipinski definition) is 3. The number of benzene rings is 1. The van der Waals surface area contributed by atoms with Gasteiger partial charge in [-0.3, -0.25) is 9.69 Å². The summed E-state index contributed by atoms with van der Waals surface area (Å²) < 4.78 is 0. The molecule has 0 aromatic heterocycles. The summed E-state index contributed by atoms with van der Waals surface area (Å²) in [5, 5.41) is 3.38. The summed E-state index contributed by atoms with van der Waals surface area (Å²) >= 11 is 5.86. The summed E-state index contributed by atoms with van der Waals surface area (Å²) in [6.07, 6.45) is 3.65. The van der Waals surface area contributed by atoms with Gasteiger partial charge in [-0.2, -0.15) is 0 Å². The maximum Gasteiger partial charge on any atom is 0.238 e. The zero-order chi connectivity index (χ0) is 14.5. The number of amides is 1. The fourth-order valence-electron chi connectivity index (χ4n) is 2.65. The predicted octanol–water partition coefficient (Wildman–Crippen LogP) is 2.98. The molecule has 1 aliphatic rings. The van der Waals surface area contributed by atoms with Crippen molar-refractivity contribution < 1.29 is 4.79 Å². The summed E-state index contributed by atoms with van der Waals surface area (Å²) in [6.45, 7) is 4.68. The minimum atomic E-state index is 0.00322. The molecule has 110 valence electrons. The van der Waals surface area contributed by atoms with Gasteiger partial charge in [0.1, 0.15) is 0 Å². The lowest BCUT2D eigenvalue weighted by molar-refractivity contribution is -0.117. The summed E-state index contributed by atoms with van der Waals surface area (Å²) in [4.78, 5) is 14.3. The zero-order valence-corrected chi connectivity index (χ0v) is 12.6. The second kappa shape index (κ2) is 6.95. The van der Waals surface area contributed by atoms with Crippen molar-refractivity contribution in [2.24, 2.45) is 5.92 Å². The third-order valence-electron chi connectivity index (χ3n) is 3.83. The molecule has 1 fully saturated rings. The third kappa shape index (κ3) is 4.12. The number of anilines is 2. The van der Waals surface area contributed by atoms with Gasteiger partial charge in [0.15, 0.2) is 0 Å². The van der Waals surface area contributed by atoms with Gasteiger partial charge in [-0.25, -0.2) is 0 Å². The Bertz CT molecular complexity index is 478. The number of rotatable bonds is 4. The second-order valence-electron chi connectivity index (χ2n) is 5.44. The molecule has 20 heavy (non-hydrogen) atoms. The minimum Gasteiger partial charge on any atom is -0.397 e. The van der Waals surface area contributed by atoms with Crippen molar-refractivity contribution in [3.63, 3.8) is 0 Å². The van der Waals surface area contributed by atoms with Crippen LogP contribution in [0.3, 0.4) is 0 Å². The Balaban J connectivity index is 1.87. The van der Waals surface area contributed by atoms with Gasteiger partial charge in [0.25, 0.3) is 0 Å². The Morgan fingerprint density at radius 1 is 1.55 bits per heavy atom. The number of piperidine rings is 1. The van der Waals surface area contributed by atoms with E-state index in [0.29, 0.717) is 22.9 Å². The molecule has 0 radical (unpaired) electrons. The standard InChI is InChI=1S/C15H22ClN3O/c1-2-11-4-3-7-19(9-11)10-15(20)18-12-5-6-13(16)14(17)8-12/h5-6,8,11H,2-4,7,9-10,17H2,1H3,(H,18,20). The van der Waals surface area contributed by atoms with E-state index in [1.807, 2.05) is 0 Å². The molecule has 1 unspecified atom stereocenters. The molecule has 0 aliphatic carbocycles. The molecule has 0 spiro atoms. The first kappa shape index (κ1) is 15.1. The highest BCUT2D eigenvalue weighted by Gasteiger charge is 2.20. The van der Waals surface area contributed by atoms with Crippen molar-refractivity contribution in [3.8, 4) is 0 Å². The van der Waals surface area contributed by atoms with Gasteiger partial charge >= 0.3 is 0 Å². The molecular formula is C15H22ClN3O. The monoisotopic (exact) mass is 295 g/mol. The van der Waals surface area contributed by atoms with Crippen molar-refractivity contribution >= 4 is 28.9 Å². The van der Waals surface area contributed by atoms with Crippen LogP contribution in [0.2, 0.25) is 5.02 Å². The van der Waals surface area contributed by atoms with Crippen LogP contribution >= 0.6 is 11.6 Å². The van der Waals surface area contributed by atoms with Crippen molar-refractivity contribution in [2.75, 3.05) is 30.7 Å². The first-order valence-corrected chi connectivity index (χ1v) is 7.53. The fourth-order valence-corrected chi connectivity index (χ4v) is 2.77. The van der Waals surface area contributed by atoms with Crippen molar-refractivity contribution in [1.29, 1.82) is 0 Å². The van der Waals surface area contributed by atoms with Gasteiger partial charge in [-0.1, -0.05) is 24.9 Å². The van der Waals surface area contributed by atoms with E-state index in [1.54, 1.807) is 18.2 Å². The molecule has 1 saturated heterocycles. The SMILES string of the molecule is CCC1CCCN(CC(=O)Nc2ccc(Cl)c(N)c2)C1. The number of nitrogens with one attached hydrogen (secondary N) is 1. The smallest absolute Gasteiger partial charge is 0.238 e. The highest BCUT2D eigenvalue weighted by Crippen LogP contribution is 2.22. The predicted molar refractivity (Wildman–Crippen MR) is 83.9 cm³/mol. The number of hydrogen-bond donors (Lipinski definition) is 2. The lowest BCUT2D eigenvalue weighted by Crippen LogP contribution is -2.40. The Morgan fingerprint density at radius 2 is 2.35 bits per heavy atom. The van der Waals surface area contributed by atoms with E-state index >= 15 is 0 Å². The average molecular weight is 296 g/mol. The van der Waals surface area contributed by atoms with Gasteiger partial charge in [0.2, 0.25) is 5.91 Å². The number of carbonyl (C=O) groups is 1. The quantitative estimate of drug-likeness (QED) is 0.840. The van der Waals surface area contributed by atoms with E-state index in [2.05, 4.69) is 17.1 Å². The van der Waals surface area contributed by atoms with Crippen LogP contribution < -0.4 is 11.1 Å². The first-order valence-electron chi connectivity index (χ1n) is 7.15. The molecule has 0 bridgehead atoms. The average Bonchev–Trinajstić information content (AvgIpc) is 2.43. The van der Waals surface area contributed by atoms with Crippen LogP contribution in [0.4, 0.5) is 11.4 Å². The number of nitrogens with two attached hydrogens (primary N) is 1. The number of nitrogens with zero attached hydrogens (tertiary/aromatic N) is 1.